The van der Waals surface area contributed by atoms with Crippen molar-refractivity contribution in [2.24, 2.45) is 0 Å². The zero-order chi connectivity index (χ0) is 18.2. The van der Waals surface area contributed by atoms with Crippen molar-refractivity contribution >= 4 is 23.4 Å². The van der Waals surface area contributed by atoms with Gasteiger partial charge in [-0.25, -0.2) is 8.78 Å². The second-order valence-electron chi connectivity index (χ2n) is 5.56. The Labute approximate surface area is 150 Å². The Hall–Kier alpha value is -2.18. The van der Waals surface area contributed by atoms with Crippen molar-refractivity contribution in [3.05, 3.63) is 72.3 Å². The number of amides is 1. The van der Waals surface area contributed by atoms with Gasteiger partial charge in [-0.2, -0.15) is 0 Å². The molecule has 0 aromatic heterocycles. The van der Waals surface area contributed by atoms with Crippen LogP contribution in [-0.4, -0.2) is 30.2 Å². The van der Waals surface area contributed by atoms with E-state index in [-0.39, 0.29) is 12.5 Å². The van der Waals surface area contributed by atoms with E-state index in [0.717, 1.165) is 28.5 Å². The summed E-state index contributed by atoms with van der Waals surface area (Å²) < 4.78 is 26.2. The second kappa shape index (κ2) is 9.34. The molecule has 0 spiro atoms. The van der Waals surface area contributed by atoms with E-state index in [9.17, 15) is 13.6 Å². The van der Waals surface area contributed by atoms with Crippen LogP contribution in [0.2, 0.25) is 0 Å². The third-order valence-electron chi connectivity index (χ3n) is 3.37. The molecule has 0 fully saturated rings. The first-order chi connectivity index (χ1) is 12.0. The summed E-state index contributed by atoms with van der Waals surface area (Å²) in [5, 5.41) is 2.89. The van der Waals surface area contributed by atoms with E-state index in [1.54, 1.807) is 29.8 Å². The van der Waals surface area contributed by atoms with Gasteiger partial charge in [0.15, 0.2) is 11.6 Å². The van der Waals surface area contributed by atoms with Gasteiger partial charge in [-0.15, -0.1) is 18.3 Å². The van der Waals surface area contributed by atoms with Crippen molar-refractivity contribution < 1.29 is 13.6 Å². The Kier molecular flexibility index (Phi) is 7.16. The monoisotopic (exact) mass is 362 g/mol. The lowest BCUT2D eigenvalue weighted by Gasteiger charge is -2.17. The Morgan fingerprint density at radius 3 is 2.72 bits per heavy atom. The first-order valence-corrected chi connectivity index (χ1v) is 8.73. The van der Waals surface area contributed by atoms with E-state index in [1.165, 1.54) is 6.07 Å². The number of halogens is 2. The highest BCUT2D eigenvalue weighted by Gasteiger charge is 2.11. The van der Waals surface area contributed by atoms with Gasteiger partial charge in [0, 0.05) is 17.2 Å². The highest BCUT2D eigenvalue weighted by Crippen LogP contribution is 2.26. The molecule has 0 heterocycles. The molecule has 6 heteroatoms. The zero-order valence-electron chi connectivity index (χ0n) is 14.0. The third kappa shape index (κ3) is 5.99. The molecule has 0 radical (unpaired) electrons. The summed E-state index contributed by atoms with van der Waals surface area (Å²) in [6, 6.07) is 11.3. The molecule has 2 rings (SSSR count). The fourth-order valence-electron chi connectivity index (χ4n) is 2.28. The molecule has 25 heavy (non-hydrogen) atoms. The minimum absolute atomic E-state index is 0.138. The van der Waals surface area contributed by atoms with Gasteiger partial charge in [0.1, 0.15) is 0 Å². The largest absolute Gasteiger partial charge is 0.324 e. The smallest absolute Gasteiger partial charge is 0.238 e. The predicted molar refractivity (Wildman–Crippen MR) is 98.7 cm³/mol. The normalized spacial score (nSPS) is 10.7. The molecule has 0 aliphatic rings. The van der Waals surface area contributed by atoms with Crippen LogP contribution >= 0.6 is 11.8 Å². The molecule has 1 amide bonds. The molecule has 132 valence electrons. The number of hydrogen-bond acceptors (Lipinski definition) is 3. The van der Waals surface area contributed by atoms with Gasteiger partial charge in [-0.3, -0.25) is 9.69 Å². The van der Waals surface area contributed by atoms with Crippen LogP contribution in [0.5, 0.6) is 0 Å². The molecule has 0 aliphatic heterocycles. The van der Waals surface area contributed by atoms with E-state index in [2.05, 4.69) is 11.9 Å². The average molecular weight is 362 g/mol. The number of benzene rings is 2. The summed E-state index contributed by atoms with van der Waals surface area (Å²) >= 11 is 1.59. The van der Waals surface area contributed by atoms with E-state index >= 15 is 0 Å². The number of anilines is 1. The summed E-state index contributed by atoms with van der Waals surface area (Å²) in [6.07, 6.45) is 1.80. The van der Waals surface area contributed by atoms with Crippen LogP contribution in [0, 0.1) is 11.6 Å². The summed E-state index contributed by atoms with van der Waals surface area (Å²) in [5.74, 6) is -1.18. The first-order valence-electron chi connectivity index (χ1n) is 7.74. The summed E-state index contributed by atoms with van der Waals surface area (Å²) in [5.41, 5.74) is 1.36. The summed E-state index contributed by atoms with van der Waals surface area (Å²) in [6.45, 7) is 4.18. The van der Waals surface area contributed by atoms with Crippen molar-refractivity contribution in [1.29, 1.82) is 0 Å². The molecular formula is C19H20F2N2OS. The number of rotatable bonds is 8. The molecule has 3 nitrogen and oxygen atoms in total. The fraction of sp³-hybridized carbons (Fsp3) is 0.211. The number of carbonyl (C=O) groups is 1. The minimum atomic E-state index is -0.886. The standard InChI is InChI=1S/C19H20F2N2OS/c1-3-10-25-18-7-5-4-6-17(18)22-19(24)13-23(2)12-14-8-9-15(20)16(21)11-14/h3-9,11H,1,10,12-13H2,2H3,(H,22,24). The van der Waals surface area contributed by atoms with Crippen LogP contribution in [-0.2, 0) is 11.3 Å². The third-order valence-corrected chi connectivity index (χ3v) is 4.44. The van der Waals surface area contributed by atoms with Crippen molar-refractivity contribution in [2.45, 2.75) is 11.4 Å². The molecule has 1 N–H and O–H groups in total. The molecule has 2 aromatic carbocycles. The van der Waals surface area contributed by atoms with Gasteiger partial charge < -0.3 is 5.32 Å². The van der Waals surface area contributed by atoms with Crippen LogP contribution in [0.3, 0.4) is 0 Å². The number of likely N-dealkylation sites (N-methyl/N-ethyl adjacent to an activating group) is 1. The Bertz CT molecular complexity index is 752. The van der Waals surface area contributed by atoms with Crippen molar-refractivity contribution in [3.63, 3.8) is 0 Å². The van der Waals surface area contributed by atoms with E-state index in [0.29, 0.717) is 12.1 Å². The molecular weight excluding hydrogens is 342 g/mol. The van der Waals surface area contributed by atoms with Gasteiger partial charge in [0.05, 0.1) is 12.2 Å². The van der Waals surface area contributed by atoms with Crippen LogP contribution in [0.15, 0.2) is 60.0 Å². The maximum absolute atomic E-state index is 13.2. The quantitative estimate of drug-likeness (QED) is 0.561. The molecule has 2 aromatic rings. The Balaban J connectivity index is 1.93. The van der Waals surface area contributed by atoms with Crippen LogP contribution < -0.4 is 5.32 Å². The number of nitrogens with zero attached hydrogens (tertiary/aromatic N) is 1. The van der Waals surface area contributed by atoms with Gasteiger partial charge in [-0.1, -0.05) is 24.3 Å². The predicted octanol–water partition coefficient (Wildman–Crippen LogP) is 4.31. The van der Waals surface area contributed by atoms with Crippen LogP contribution in [0.25, 0.3) is 0 Å². The first kappa shape index (κ1) is 19.1. The van der Waals surface area contributed by atoms with Gasteiger partial charge >= 0.3 is 0 Å². The van der Waals surface area contributed by atoms with Crippen molar-refractivity contribution in [3.8, 4) is 0 Å². The van der Waals surface area contributed by atoms with Gasteiger partial charge in [-0.05, 0) is 36.9 Å². The molecule has 0 atom stereocenters. The minimum Gasteiger partial charge on any atom is -0.324 e. The molecule has 0 unspecified atom stereocenters. The fourth-order valence-corrected chi connectivity index (χ4v) is 3.03. The van der Waals surface area contributed by atoms with E-state index in [1.807, 2.05) is 24.3 Å². The number of thioether (sulfide) groups is 1. The SMILES string of the molecule is C=CCSc1ccccc1NC(=O)CN(C)Cc1ccc(F)c(F)c1. The number of carbonyl (C=O) groups excluding carboxylic acids is 1. The van der Waals surface area contributed by atoms with E-state index < -0.39 is 11.6 Å². The van der Waals surface area contributed by atoms with Crippen LogP contribution in [0.1, 0.15) is 5.56 Å². The maximum atomic E-state index is 13.2. The number of nitrogens with one attached hydrogen (secondary N) is 1. The van der Waals surface area contributed by atoms with Crippen molar-refractivity contribution in [2.75, 3.05) is 24.7 Å². The lowest BCUT2D eigenvalue weighted by atomic mass is 10.2. The number of hydrogen-bond donors (Lipinski definition) is 1. The number of para-hydroxylation sites is 1. The second-order valence-corrected chi connectivity index (χ2v) is 6.63. The zero-order valence-corrected chi connectivity index (χ0v) is 14.8. The lowest BCUT2D eigenvalue weighted by Crippen LogP contribution is -2.30. The topological polar surface area (TPSA) is 32.3 Å². The molecule has 0 saturated heterocycles. The van der Waals surface area contributed by atoms with E-state index in [4.69, 9.17) is 0 Å². The molecule has 0 aliphatic carbocycles. The Morgan fingerprint density at radius 2 is 2.00 bits per heavy atom. The van der Waals surface area contributed by atoms with Gasteiger partial charge in [0.2, 0.25) is 5.91 Å². The Morgan fingerprint density at radius 1 is 1.24 bits per heavy atom. The maximum Gasteiger partial charge on any atom is 0.238 e. The molecule has 0 bridgehead atoms. The highest BCUT2D eigenvalue weighted by atomic mass is 32.2. The molecule has 0 saturated carbocycles. The summed E-state index contributed by atoms with van der Waals surface area (Å²) in [7, 11) is 1.75. The highest BCUT2D eigenvalue weighted by molar-refractivity contribution is 7.99. The summed E-state index contributed by atoms with van der Waals surface area (Å²) in [4.78, 5) is 15.0. The lowest BCUT2D eigenvalue weighted by molar-refractivity contribution is -0.117. The van der Waals surface area contributed by atoms with Gasteiger partial charge in [0.25, 0.3) is 0 Å². The van der Waals surface area contributed by atoms with Crippen LogP contribution in [0.4, 0.5) is 14.5 Å². The average Bonchev–Trinajstić information content (AvgIpc) is 2.57. The van der Waals surface area contributed by atoms with Crippen molar-refractivity contribution in [1.82, 2.24) is 4.90 Å².